The molecule has 1 unspecified atom stereocenters. The molecule has 0 saturated carbocycles. The zero-order chi connectivity index (χ0) is 16.9. The molecule has 0 aliphatic carbocycles. The molecule has 2 aliphatic heterocycles. The standard InChI is InChI=1S/C15H24N6O3/c1-2-21-13(17-11-18-21)10-16-15(23)20-7-5-19(6-8-20)14(22)12-4-3-9-24-12/h11-12H,2-10H2,1H3,(H,16,23). The molecule has 1 N–H and O–H groups in total. The van der Waals surface area contributed by atoms with E-state index in [0.29, 0.717) is 39.3 Å². The van der Waals surface area contributed by atoms with E-state index in [-0.39, 0.29) is 18.0 Å². The summed E-state index contributed by atoms with van der Waals surface area (Å²) in [6.45, 7) is 5.88. The van der Waals surface area contributed by atoms with Crippen molar-refractivity contribution in [2.24, 2.45) is 0 Å². The number of urea groups is 1. The number of hydrogen-bond acceptors (Lipinski definition) is 5. The highest BCUT2D eigenvalue weighted by atomic mass is 16.5. The second-order valence-corrected chi connectivity index (χ2v) is 5.96. The Hall–Kier alpha value is -2.16. The number of aryl methyl sites for hydroxylation is 1. The van der Waals surface area contributed by atoms with Crippen LogP contribution in [-0.2, 0) is 22.6 Å². The number of nitrogens with zero attached hydrogens (tertiary/aromatic N) is 5. The van der Waals surface area contributed by atoms with E-state index in [0.717, 1.165) is 25.2 Å². The van der Waals surface area contributed by atoms with E-state index < -0.39 is 0 Å². The van der Waals surface area contributed by atoms with Gasteiger partial charge in [-0.25, -0.2) is 14.5 Å². The van der Waals surface area contributed by atoms with Gasteiger partial charge in [-0.15, -0.1) is 0 Å². The number of carbonyl (C=O) groups excluding carboxylic acids is 2. The van der Waals surface area contributed by atoms with Crippen LogP contribution in [0.15, 0.2) is 6.33 Å². The maximum Gasteiger partial charge on any atom is 0.317 e. The summed E-state index contributed by atoms with van der Waals surface area (Å²) in [6, 6.07) is -0.134. The van der Waals surface area contributed by atoms with Gasteiger partial charge in [0, 0.05) is 39.3 Å². The average Bonchev–Trinajstić information content (AvgIpc) is 3.30. The highest BCUT2D eigenvalue weighted by Gasteiger charge is 2.31. The molecule has 24 heavy (non-hydrogen) atoms. The predicted octanol–water partition coefficient (Wildman–Crippen LogP) is -0.169. The maximum atomic E-state index is 12.3. The minimum atomic E-state index is -0.286. The Kier molecular flexibility index (Phi) is 5.29. The van der Waals surface area contributed by atoms with Crippen LogP contribution in [0.2, 0.25) is 0 Å². The number of ether oxygens (including phenoxy) is 1. The van der Waals surface area contributed by atoms with Gasteiger partial charge in [0.25, 0.3) is 5.91 Å². The van der Waals surface area contributed by atoms with Gasteiger partial charge >= 0.3 is 6.03 Å². The Labute approximate surface area is 140 Å². The molecule has 1 aromatic heterocycles. The maximum absolute atomic E-state index is 12.3. The van der Waals surface area contributed by atoms with Crippen LogP contribution >= 0.6 is 0 Å². The molecule has 3 rings (SSSR count). The molecular formula is C15H24N6O3. The van der Waals surface area contributed by atoms with E-state index in [1.54, 1.807) is 14.5 Å². The van der Waals surface area contributed by atoms with Crippen molar-refractivity contribution < 1.29 is 14.3 Å². The number of aromatic nitrogens is 3. The molecule has 9 nitrogen and oxygen atoms in total. The van der Waals surface area contributed by atoms with Crippen LogP contribution in [0, 0.1) is 0 Å². The van der Waals surface area contributed by atoms with E-state index in [1.165, 1.54) is 6.33 Å². The van der Waals surface area contributed by atoms with E-state index in [2.05, 4.69) is 15.4 Å². The van der Waals surface area contributed by atoms with Gasteiger partial charge in [-0.2, -0.15) is 5.10 Å². The van der Waals surface area contributed by atoms with Gasteiger partial charge in [0.15, 0.2) is 0 Å². The van der Waals surface area contributed by atoms with Crippen LogP contribution in [0.5, 0.6) is 0 Å². The van der Waals surface area contributed by atoms with E-state index >= 15 is 0 Å². The van der Waals surface area contributed by atoms with Crippen molar-refractivity contribution in [3.05, 3.63) is 12.2 Å². The topological polar surface area (TPSA) is 92.6 Å². The largest absolute Gasteiger partial charge is 0.368 e. The summed E-state index contributed by atoms with van der Waals surface area (Å²) in [5.41, 5.74) is 0. The Bertz CT molecular complexity index is 576. The second-order valence-electron chi connectivity index (χ2n) is 5.96. The van der Waals surface area contributed by atoms with Crippen molar-refractivity contribution in [1.82, 2.24) is 29.9 Å². The predicted molar refractivity (Wildman–Crippen MR) is 85.1 cm³/mol. The van der Waals surface area contributed by atoms with Crippen LogP contribution in [0.4, 0.5) is 4.79 Å². The minimum Gasteiger partial charge on any atom is -0.368 e. The van der Waals surface area contributed by atoms with Crippen molar-refractivity contribution in [3.63, 3.8) is 0 Å². The van der Waals surface area contributed by atoms with Gasteiger partial charge in [-0.1, -0.05) is 0 Å². The molecule has 9 heteroatoms. The number of piperazine rings is 1. The Morgan fingerprint density at radius 2 is 2.04 bits per heavy atom. The first kappa shape index (κ1) is 16.7. The van der Waals surface area contributed by atoms with Crippen LogP contribution in [-0.4, -0.2) is 75.4 Å². The summed E-state index contributed by atoms with van der Waals surface area (Å²) in [4.78, 5) is 32.2. The van der Waals surface area contributed by atoms with Crippen molar-refractivity contribution in [3.8, 4) is 0 Å². The first-order valence-electron chi connectivity index (χ1n) is 8.49. The number of amides is 3. The molecule has 0 bridgehead atoms. The lowest BCUT2D eigenvalue weighted by atomic mass is 10.2. The van der Waals surface area contributed by atoms with Crippen molar-refractivity contribution >= 4 is 11.9 Å². The highest BCUT2D eigenvalue weighted by Crippen LogP contribution is 2.16. The highest BCUT2D eigenvalue weighted by molar-refractivity contribution is 5.81. The monoisotopic (exact) mass is 336 g/mol. The third kappa shape index (κ3) is 3.66. The summed E-state index contributed by atoms with van der Waals surface area (Å²) in [5, 5.41) is 6.94. The fourth-order valence-electron chi connectivity index (χ4n) is 3.06. The molecule has 0 radical (unpaired) electrons. The zero-order valence-electron chi connectivity index (χ0n) is 14.0. The molecule has 0 spiro atoms. The van der Waals surface area contributed by atoms with Crippen LogP contribution < -0.4 is 5.32 Å². The third-order valence-electron chi connectivity index (χ3n) is 4.48. The van der Waals surface area contributed by atoms with Crippen LogP contribution in [0.3, 0.4) is 0 Å². The SMILES string of the molecule is CCn1ncnc1CNC(=O)N1CCN(C(=O)C2CCCO2)CC1. The fraction of sp³-hybridized carbons (Fsp3) is 0.733. The fourth-order valence-corrected chi connectivity index (χ4v) is 3.06. The van der Waals surface area contributed by atoms with Crippen molar-refractivity contribution in [2.75, 3.05) is 32.8 Å². The molecule has 1 aromatic rings. The van der Waals surface area contributed by atoms with Gasteiger partial charge < -0.3 is 19.9 Å². The Morgan fingerprint density at radius 1 is 1.29 bits per heavy atom. The number of hydrogen-bond donors (Lipinski definition) is 1. The summed E-state index contributed by atoms with van der Waals surface area (Å²) >= 11 is 0. The van der Waals surface area contributed by atoms with Crippen molar-refractivity contribution in [1.29, 1.82) is 0 Å². The van der Waals surface area contributed by atoms with Crippen LogP contribution in [0.1, 0.15) is 25.6 Å². The molecule has 3 heterocycles. The van der Waals surface area contributed by atoms with Gasteiger partial charge in [-0.3, -0.25) is 4.79 Å². The Balaban J connectivity index is 1.44. The summed E-state index contributed by atoms with van der Waals surface area (Å²) in [7, 11) is 0. The van der Waals surface area contributed by atoms with Gasteiger partial charge in [0.1, 0.15) is 18.3 Å². The average molecular weight is 336 g/mol. The normalized spacial score (nSPS) is 21.1. The number of carbonyl (C=O) groups is 2. The van der Waals surface area contributed by atoms with Gasteiger partial charge in [0.2, 0.25) is 0 Å². The van der Waals surface area contributed by atoms with Crippen LogP contribution in [0.25, 0.3) is 0 Å². The zero-order valence-corrected chi connectivity index (χ0v) is 14.0. The smallest absolute Gasteiger partial charge is 0.317 e. The van der Waals surface area contributed by atoms with Gasteiger partial charge in [0.05, 0.1) is 6.54 Å². The second kappa shape index (κ2) is 7.61. The first-order chi connectivity index (χ1) is 11.7. The molecule has 2 saturated heterocycles. The summed E-state index contributed by atoms with van der Waals surface area (Å²) < 4.78 is 7.19. The summed E-state index contributed by atoms with van der Waals surface area (Å²) in [6.07, 6.45) is 2.95. The first-order valence-corrected chi connectivity index (χ1v) is 8.49. The van der Waals surface area contributed by atoms with Gasteiger partial charge in [-0.05, 0) is 19.8 Å². The lowest BCUT2D eigenvalue weighted by Crippen LogP contribution is -2.54. The number of nitrogens with one attached hydrogen (secondary N) is 1. The quantitative estimate of drug-likeness (QED) is 0.824. The molecule has 0 aromatic carbocycles. The molecule has 3 amide bonds. The lowest BCUT2D eigenvalue weighted by molar-refractivity contribution is -0.142. The van der Waals surface area contributed by atoms with Crippen molar-refractivity contribution in [2.45, 2.75) is 39.0 Å². The summed E-state index contributed by atoms with van der Waals surface area (Å²) in [5.74, 6) is 0.793. The molecule has 1 atom stereocenters. The van der Waals surface area contributed by atoms with E-state index in [9.17, 15) is 9.59 Å². The third-order valence-corrected chi connectivity index (χ3v) is 4.48. The molecular weight excluding hydrogens is 312 g/mol. The minimum absolute atomic E-state index is 0.0589. The molecule has 2 aliphatic rings. The van der Waals surface area contributed by atoms with E-state index in [4.69, 9.17) is 4.74 Å². The molecule has 2 fully saturated rings. The number of rotatable bonds is 4. The molecule has 132 valence electrons. The lowest BCUT2D eigenvalue weighted by Gasteiger charge is -2.35. The Morgan fingerprint density at radius 3 is 2.71 bits per heavy atom. The van der Waals surface area contributed by atoms with E-state index in [1.807, 2.05) is 6.92 Å².